The summed E-state index contributed by atoms with van der Waals surface area (Å²) in [7, 11) is 0. The summed E-state index contributed by atoms with van der Waals surface area (Å²) in [6.45, 7) is 6.23. The van der Waals surface area contributed by atoms with Crippen molar-refractivity contribution in [2.24, 2.45) is 0 Å². The summed E-state index contributed by atoms with van der Waals surface area (Å²) >= 11 is 0. The monoisotopic (exact) mass is 248 g/mol. The van der Waals surface area contributed by atoms with E-state index in [1.165, 1.54) is 0 Å². The fourth-order valence-corrected chi connectivity index (χ4v) is 1.43. The van der Waals surface area contributed by atoms with E-state index in [4.69, 9.17) is 9.26 Å². The number of ether oxygens (including phenoxy) is 1. The zero-order valence-corrected chi connectivity index (χ0v) is 10.7. The molecule has 0 saturated carbocycles. The highest BCUT2D eigenvalue weighted by Crippen LogP contribution is 2.17. The second-order valence-corrected chi connectivity index (χ2v) is 4.13. The lowest BCUT2D eigenvalue weighted by Gasteiger charge is -2.12. The molecule has 0 saturated heterocycles. The number of pyridine rings is 1. The number of nitrogens with zero attached hydrogens (tertiary/aromatic N) is 3. The maximum Gasteiger partial charge on any atom is 0.321 e. The summed E-state index contributed by atoms with van der Waals surface area (Å²) < 4.78 is 10.6. The quantitative estimate of drug-likeness (QED) is 0.874. The molecule has 0 unspecified atom stereocenters. The van der Waals surface area contributed by atoms with Crippen molar-refractivity contribution >= 4 is 6.01 Å². The molecule has 0 fully saturated rings. The number of anilines is 1. The molecule has 0 aliphatic heterocycles. The van der Waals surface area contributed by atoms with Gasteiger partial charge in [0.05, 0.1) is 6.10 Å². The highest BCUT2D eigenvalue weighted by molar-refractivity contribution is 5.30. The Morgan fingerprint density at radius 3 is 2.94 bits per heavy atom. The van der Waals surface area contributed by atoms with Gasteiger partial charge >= 0.3 is 6.01 Å². The van der Waals surface area contributed by atoms with Crippen molar-refractivity contribution in [1.82, 2.24) is 15.1 Å². The van der Waals surface area contributed by atoms with E-state index in [1.54, 1.807) is 13.1 Å². The van der Waals surface area contributed by atoms with Crippen LogP contribution in [0.4, 0.5) is 6.01 Å². The second kappa shape index (κ2) is 5.48. The molecule has 2 rings (SSSR count). The van der Waals surface area contributed by atoms with Crippen molar-refractivity contribution in [1.29, 1.82) is 0 Å². The van der Waals surface area contributed by atoms with Crippen LogP contribution in [0.15, 0.2) is 22.9 Å². The van der Waals surface area contributed by atoms with Crippen molar-refractivity contribution in [2.45, 2.75) is 33.4 Å². The zero-order chi connectivity index (χ0) is 13.0. The van der Waals surface area contributed by atoms with Crippen molar-refractivity contribution in [3.8, 4) is 5.88 Å². The molecule has 6 heteroatoms. The van der Waals surface area contributed by atoms with Gasteiger partial charge in [-0.1, -0.05) is 11.2 Å². The van der Waals surface area contributed by atoms with E-state index >= 15 is 0 Å². The van der Waals surface area contributed by atoms with Gasteiger partial charge < -0.3 is 14.6 Å². The molecule has 0 aliphatic carbocycles. The van der Waals surface area contributed by atoms with Gasteiger partial charge in [0.1, 0.15) is 0 Å². The highest BCUT2D eigenvalue weighted by Gasteiger charge is 2.08. The van der Waals surface area contributed by atoms with Crippen LogP contribution in [0.1, 0.15) is 25.2 Å². The lowest BCUT2D eigenvalue weighted by Crippen LogP contribution is -2.10. The molecule has 0 atom stereocenters. The van der Waals surface area contributed by atoms with Gasteiger partial charge in [-0.2, -0.15) is 4.98 Å². The Morgan fingerprint density at radius 2 is 2.28 bits per heavy atom. The molecule has 0 spiro atoms. The van der Waals surface area contributed by atoms with Gasteiger partial charge in [-0.3, -0.25) is 0 Å². The van der Waals surface area contributed by atoms with Gasteiger partial charge in [-0.25, -0.2) is 4.98 Å². The van der Waals surface area contributed by atoms with E-state index in [9.17, 15) is 0 Å². The van der Waals surface area contributed by atoms with E-state index in [1.807, 2.05) is 26.0 Å². The predicted molar refractivity (Wildman–Crippen MR) is 66.4 cm³/mol. The highest BCUT2D eigenvalue weighted by atomic mass is 16.5. The maximum absolute atomic E-state index is 5.62. The Bertz CT molecular complexity index is 510. The number of hydrogen-bond donors (Lipinski definition) is 1. The van der Waals surface area contributed by atoms with E-state index in [0.29, 0.717) is 24.3 Å². The van der Waals surface area contributed by atoms with Crippen LogP contribution in [-0.2, 0) is 6.54 Å². The molecular formula is C12H16N4O2. The average Bonchev–Trinajstić information content (AvgIpc) is 2.73. The van der Waals surface area contributed by atoms with E-state index in [0.717, 1.165) is 5.56 Å². The van der Waals surface area contributed by atoms with Gasteiger partial charge in [-0.15, -0.1) is 0 Å². The fourth-order valence-electron chi connectivity index (χ4n) is 1.43. The Balaban J connectivity index is 2.04. The van der Waals surface area contributed by atoms with Crippen LogP contribution in [0.5, 0.6) is 5.88 Å². The largest absolute Gasteiger partial charge is 0.475 e. The molecule has 2 heterocycles. The normalized spacial score (nSPS) is 10.7. The summed E-state index contributed by atoms with van der Waals surface area (Å²) in [5.74, 6) is 1.22. The summed E-state index contributed by atoms with van der Waals surface area (Å²) in [4.78, 5) is 8.27. The van der Waals surface area contributed by atoms with Crippen LogP contribution in [0.25, 0.3) is 0 Å². The molecular weight excluding hydrogens is 232 g/mol. The number of nitrogens with one attached hydrogen (secondary N) is 1. The summed E-state index contributed by atoms with van der Waals surface area (Å²) in [5, 5.41) is 6.74. The number of aryl methyl sites for hydroxylation is 1. The van der Waals surface area contributed by atoms with Gasteiger partial charge in [0.15, 0.2) is 5.82 Å². The lowest BCUT2D eigenvalue weighted by molar-refractivity contribution is 0.230. The SMILES string of the molecule is Cc1noc(NCc2cccnc2OC(C)C)n1. The van der Waals surface area contributed by atoms with Crippen molar-refractivity contribution in [3.63, 3.8) is 0 Å². The molecule has 2 aromatic rings. The molecule has 2 aromatic heterocycles. The molecule has 0 bridgehead atoms. The number of hydrogen-bond acceptors (Lipinski definition) is 6. The van der Waals surface area contributed by atoms with Crippen LogP contribution < -0.4 is 10.1 Å². The maximum atomic E-state index is 5.62. The van der Waals surface area contributed by atoms with Gasteiger partial charge in [0.2, 0.25) is 5.88 Å². The van der Waals surface area contributed by atoms with Crippen LogP contribution in [0, 0.1) is 6.92 Å². The molecule has 18 heavy (non-hydrogen) atoms. The third-order valence-electron chi connectivity index (χ3n) is 2.15. The summed E-state index contributed by atoms with van der Waals surface area (Å²) in [5.41, 5.74) is 0.946. The van der Waals surface area contributed by atoms with E-state index in [2.05, 4.69) is 20.4 Å². The van der Waals surface area contributed by atoms with Gasteiger partial charge in [0.25, 0.3) is 0 Å². The van der Waals surface area contributed by atoms with Gasteiger partial charge in [-0.05, 0) is 26.8 Å². The van der Waals surface area contributed by atoms with Crippen molar-refractivity contribution < 1.29 is 9.26 Å². The smallest absolute Gasteiger partial charge is 0.321 e. The molecule has 0 aromatic carbocycles. The minimum absolute atomic E-state index is 0.0873. The fraction of sp³-hybridized carbons (Fsp3) is 0.417. The average molecular weight is 248 g/mol. The Labute approximate surface area is 105 Å². The molecule has 6 nitrogen and oxygen atoms in total. The third-order valence-corrected chi connectivity index (χ3v) is 2.15. The second-order valence-electron chi connectivity index (χ2n) is 4.13. The van der Waals surface area contributed by atoms with Crippen LogP contribution in [0.3, 0.4) is 0 Å². The van der Waals surface area contributed by atoms with Crippen LogP contribution in [0.2, 0.25) is 0 Å². The first-order valence-corrected chi connectivity index (χ1v) is 5.80. The lowest BCUT2D eigenvalue weighted by atomic mass is 10.2. The molecule has 0 radical (unpaired) electrons. The summed E-state index contributed by atoms with van der Waals surface area (Å²) in [6, 6.07) is 4.20. The first-order chi connectivity index (χ1) is 8.65. The minimum atomic E-state index is 0.0873. The first-order valence-electron chi connectivity index (χ1n) is 5.80. The number of rotatable bonds is 5. The van der Waals surface area contributed by atoms with E-state index < -0.39 is 0 Å². The Morgan fingerprint density at radius 1 is 1.44 bits per heavy atom. The Kier molecular flexibility index (Phi) is 3.76. The van der Waals surface area contributed by atoms with E-state index in [-0.39, 0.29) is 6.10 Å². The van der Waals surface area contributed by atoms with Crippen molar-refractivity contribution in [3.05, 3.63) is 29.7 Å². The minimum Gasteiger partial charge on any atom is -0.475 e. The first kappa shape index (κ1) is 12.3. The van der Waals surface area contributed by atoms with Crippen molar-refractivity contribution in [2.75, 3.05) is 5.32 Å². The van der Waals surface area contributed by atoms with Crippen LogP contribution >= 0.6 is 0 Å². The molecule has 96 valence electrons. The molecule has 0 amide bonds. The number of aromatic nitrogens is 3. The molecule has 0 aliphatic rings. The third kappa shape index (κ3) is 3.19. The molecule has 1 N–H and O–H groups in total. The van der Waals surface area contributed by atoms with Crippen LogP contribution in [-0.4, -0.2) is 21.2 Å². The summed E-state index contributed by atoms with van der Waals surface area (Å²) in [6.07, 6.45) is 1.79. The zero-order valence-electron chi connectivity index (χ0n) is 10.7. The Hall–Kier alpha value is -2.11. The van der Waals surface area contributed by atoms with Gasteiger partial charge in [0, 0.05) is 18.3 Å². The predicted octanol–water partition coefficient (Wildman–Crippen LogP) is 2.17. The standard InChI is InChI=1S/C12H16N4O2/c1-8(2)17-11-10(5-4-6-13-11)7-14-12-15-9(3)16-18-12/h4-6,8H,7H2,1-3H3,(H,14,15,16). The topological polar surface area (TPSA) is 73.1 Å².